The van der Waals surface area contributed by atoms with E-state index in [4.69, 9.17) is 5.11 Å². The Morgan fingerprint density at radius 1 is 1.40 bits per heavy atom. The van der Waals surface area contributed by atoms with Crippen molar-refractivity contribution in [2.24, 2.45) is 0 Å². The van der Waals surface area contributed by atoms with Gasteiger partial charge in [0, 0.05) is 0 Å². The monoisotopic (exact) mass is 215 g/mol. The molecule has 0 aromatic heterocycles. The molecule has 1 aromatic rings. The van der Waals surface area contributed by atoms with Crippen molar-refractivity contribution in [1.82, 2.24) is 0 Å². The maximum Gasteiger partial charge on any atom is 0.337 e. The van der Waals surface area contributed by atoms with Crippen molar-refractivity contribution >= 4 is 17.6 Å². The number of aromatic carboxylic acids is 1. The quantitative estimate of drug-likeness (QED) is 0.801. The van der Waals surface area contributed by atoms with E-state index in [1.165, 1.54) is 6.07 Å². The molecular weight excluding hydrogens is 208 g/mol. The van der Waals surface area contributed by atoms with E-state index in [-0.39, 0.29) is 0 Å². The summed E-state index contributed by atoms with van der Waals surface area (Å²) in [6.07, 6.45) is 0. The largest absolute Gasteiger partial charge is 0.478 e. The maximum absolute atomic E-state index is 13.1. The minimum Gasteiger partial charge on any atom is -0.478 e. The number of alkyl halides is 1. The Bertz CT molecular complexity index is 406. The van der Waals surface area contributed by atoms with E-state index in [1.54, 1.807) is 0 Å². The summed E-state index contributed by atoms with van der Waals surface area (Å²) in [7, 11) is 0. The van der Waals surface area contributed by atoms with Crippen LogP contribution in [0.3, 0.4) is 0 Å². The lowest BCUT2D eigenvalue weighted by Crippen LogP contribution is -2.17. The van der Waals surface area contributed by atoms with Gasteiger partial charge in [-0.25, -0.2) is 13.6 Å². The zero-order valence-corrected chi connectivity index (χ0v) is 7.46. The molecular formula is C9H7F2NO3. The van der Waals surface area contributed by atoms with Gasteiger partial charge < -0.3 is 10.4 Å². The summed E-state index contributed by atoms with van der Waals surface area (Å²) in [6.45, 7) is -1.34. The summed E-state index contributed by atoms with van der Waals surface area (Å²) in [4.78, 5) is 21.3. The zero-order chi connectivity index (χ0) is 11.4. The summed E-state index contributed by atoms with van der Waals surface area (Å²) in [5.41, 5.74) is -0.940. The molecule has 0 spiro atoms. The minimum atomic E-state index is -1.40. The fraction of sp³-hybridized carbons (Fsp3) is 0.111. The third-order valence-electron chi connectivity index (χ3n) is 1.63. The van der Waals surface area contributed by atoms with Crippen molar-refractivity contribution in [3.05, 3.63) is 29.6 Å². The van der Waals surface area contributed by atoms with E-state index < -0.39 is 35.6 Å². The summed E-state index contributed by atoms with van der Waals surface area (Å²) in [5, 5.41) is 10.5. The second kappa shape index (κ2) is 4.50. The highest BCUT2D eigenvalue weighted by Crippen LogP contribution is 2.19. The number of amides is 1. The summed E-state index contributed by atoms with van der Waals surface area (Å²) in [5.74, 6) is -3.41. The second-order valence-electron chi connectivity index (χ2n) is 2.65. The standard InChI is InChI=1S/C9H7F2NO3/c10-4-7(13)12-8-5(9(14)15)2-1-3-6(8)11/h1-3H,4H2,(H,12,13)(H,14,15). The molecule has 0 radical (unpaired) electrons. The van der Waals surface area contributed by atoms with E-state index in [0.717, 1.165) is 12.1 Å². The van der Waals surface area contributed by atoms with Crippen LogP contribution in [0.1, 0.15) is 10.4 Å². The molecule has 0 fully saturated rings. The first kappa shape index (κ1) is 11.1. The fourth-order valence-corrected chi connectivity index (χ4v) is 1.00. The van der Waals surface area contributed by atoms with Gasteiger partial charge in [-0.1, -0.05) is 6.07 Å². The molecule has 0 saturated carbocycles. The number of carbonyl (C=O) groups excluding carboxylic acids is 1. The molecule has 6 heteroatoms. The predicted octanol–water partition coefficient (Wildman–Crippen LogP) is 1.43. The molecule has 0 bridgehead atoms. The molecule has 0 atom stereocenters. The van der Waals surface area contributed by atoms with E-state index in [9.17, 15) is 18.4 Å². The number of carbonyl (C=O) groups is 2. The Morgan fingerprint density at radius 2 is 2.07 bits per heavy atom. The lowest BCUT2D eigenvalue weighted by molar-refractivity contribution is -0.117. The van der Waals surface area contributed by atoms with Gasteiger partial charge in [-0.05, 0) is 12.1 Å². The van der Waals surface area contributed by atoms with Gasteiger partial charge in [-0.2, -0.15) is 0 Å². The number of hydrogen-bond donors (Lipinski definition) is 2. The first-order valence-electron chi connectivity index (χ1n) is 3.94. The Balaban J connectivity index is 3.13. The molecule has 1 aromatic carbocycles. The Kier molecular flexibility index (Phi) is 3.33. The van der Waals surface area contributed by atoms with Gasteiger partial charge in [0.05, 0.1) is 11.3 Å². The van der Waals surface area contributed by atoms with Crippen LogP contribution in [-0.4, -0.2) is 23.7 Å². The molecule has 4 nitrogen and oxygen atoms in total. The Labute approximate surface area is 83.5 Å². The van der Waals surface area contributed by atoms with Crippen LogP contribution in [-0.2, 0) is 4.79 Å². The van der Waals surface area contributed by atoms with Crippen LogP contribution in [0, 0.1) is 5.82 Å². The van der Waals surface area contributed by atoms with Gasteiger partial charge in [0.25, 0.3) is 5.91 Å². The molecule has 80 valence electrons. The highest BCUT2D eigenvalue weighted by atomic mass is 19.1. The van der Waals surface area contributed by atoms with E-state index >= 15 is 0 Å². The molecule has 0 aliphatic carbocycles. The molecule has 2 N–H and O–H groups in total. The minimum absolute atomic E-state index is 0.420. The lowest BCUT2D eigenvalue weighted by Gasteiger charge is -2.07. The van der Waals surface area contributed by atoms with Crippen molar-refractivity contribution < 1.29 is 23.5 Å². The van der Waals surface area contributed by atoms with Gasteiger partial charge in [-0.3, -0.25) is 4.79 Å². The number of halogens is 2. The van der Waals surface area contributed by atoms with Crippen LogP contribution in [0.25, 0.3) is 0 Å². The van der Waals surface area contributed by atoms with Crippen LogP contribution >= 0.6 is 0 Å². The number of carboxylic acids is 1. The van der Waals surface area contributed by atoms with Crippen molar-refractivity contribution in [1.29, 1.82) is 0 Å². The van der Waals surface area contributed by atoms with Crippen molar-refractivity contribution in [2.75, 3.05) is 12.0 Å². The number of benzene rings is 1. The van der Waals surface area contributed by atoms with Gasteiger partial charge in [0.1, 0.15) is 5.82 Å². The summed E-state index contributed by atoms with van der Waals surface area (Å²) >= 11 is 0. The van der Waals surface area contributed by atoms with E-state index in [1.807, 2.05) is 5.32 Å². The van der Waals surface area contributed by atoms with Crippen LogP contribution in [0.5, 0.6) is 0 Å². The molecule has 0 aliphatic heterocycles. The van der Waals surface area contributed by atoms with Crippen LogP contribution in [0.15, 0.2) is 18.2 Å². The van der Waals surface area contributed by atoms with Gasteiger partial charge >= 0.3 is 5.97 Å². The van der Waals surface area contributed by atoms with Crippen LogP contribution in [0.4, 0.5) is 14.5 Å². The number of nitrogens with one attached hydrogen (secondary N) is 1. The number of anilines is 1. The fourth-order valence-electron chi connectivity index (χ4n) is 1.00. The number of para-hydroxylation sites is 1. The molecule has 0 aliphatic rings. The van der Waals surface area contributed by atoms with Crippen molar-refractivity contribution in [3.63, 3.8) is 0 Å². The Hall–Kier alpha value is -1.98. The molecule has 0 heterocycles. The summed E-state index contributed by atoms with van der Waals surface area (Å²) < 4.78 is 25.0. The molecule has 0 unspecified atom stereocenters. The SMILES string of the molecule is O=C(CF)Nc1c(F)cccc1C(=O)O. The van der Waals surface area contributed by atoms with Crippen molar-refractivity contribution in [3.8, 4) is 0 Å². The number of hydrogen-bond acceptors (Lipinski definition) is 2. The maximum atomic E-state index is 13.1. The highest BCUT2D eigenvalue weighted by Gasteiger charge is 2.15. The molecule has 1 rings (SSSR count). The van der Waals surface area contributed by atoms with E-state index in [2.05, 4.69) is 0 Å². The first-order valence-corrected chi connectivity index (χ1v) is 3.94. The smallest absolute Gasteiger partial charge is 0.337 e. The third-order valence-corrected chi connectivity index (χ3v) is 1.63. The average Bonchev–Trinajstić information content (AvgIpc) is 2.20. The second-order valence-corrected chi connectivity index (χ2v) is 2.65. The third kappa shape index (κ3) is 2.49. The van der Waals surface area contributed by atoms with Crippen molar-refractivity contribution in [2.45, 2.75) is 0 Å². The van der Waals surface area contributed by atoms with E-state index in [0.29, 0.717) is 0 Å². The van der Waals surface area contributed by atoms with Crippen LogP contribution < -0.4 is 5.32 Å². The van der Waals surface area contributed by atoms with Gasteiger partial charge in [0.2, 0.25) is 0 Å². The zero-order valence-electron chi connectivity index (χ0n) is 7.46. The topological polar surface area (TPSA) is 66.4 Å². The number of rotatable bonds is 3. The number of carboxylic acid groups (broad SMARTS) is 1. The molecule has 15 heavy (non-hydrogen) atoms. The molecule has 0 saturated heterocycles. The molecule has 1 amide bonds. The van der Waals surface area contributed by atoms with Gasteiger partial charge in [0.15, 0.2) is 6.67 Å². The lowest BCUT2D eigenvalue weighted by atomic mass is 10.1. The van der Waals surface area contributed by atoms with Crippen LogP contribution in [0.2, 0.25) is 0 Å². The normalized spacial score (nSPS) is 9.73. The highest BCUT2D eigenvalue weighted by molar-refractivity contribution is 6.00. The van der Waals surface area contributed by atoms with Gasteiger partial charge in [-0.15, -0.1) is 0 Å². The first-order chi connectivity index (χ1) is 7.06. The average molecular weight is 215 g/mol. The Morgan fingerprint density at radius 3 is 2.60 bits per heavy atom. The predicted molar refractivity (Wildman–Crippen MR) is 48.0 cm³/mol. The summed E-state index contributed by atoms with van der Waals surface area (Å²) in [6, 6.07) is 3.27.